The van der Waals surface area contributed by atoms with E-state index in [-0.39, 0.29) is 65.8 Å². The van der Waals surface area contributed by atoms with Crippen molar-refractivity contribution in [2.75, 3.05) is 6.54 Å². The first-order chi connectivity index (χ1) is 9.79. The molecule has 1 atom stereocenters. The topological polar surface area (TPSA) is 97.5 Å². The van der Waals surface area contributed by atoms with Crippen molar-refractivity contribution in [1.29, 1.82) is 0 Å². The van der Waals surface area contributed by atoms with Gasteiger partial charge in [-0.2, -0.15) is 8.42 Å². The minimum atomic E-state index is -4.45. The molecule has 0 fully saturated rings. The van der Waals surface area contributed by atoms with Crippen molar-refractivity contribution in [3.05, 3.63) is 0 Å². The zero-order chi connectivity index (χ0) is 16.4. The van der Waals surface area contributed by atoms with Crippen LogP contribution in [-0.2, 0) is 14.9 Å². The molecule has 1 unspecified atom stereocenters. The van der Waals surface area contributed by atoms with Crippen LogP contribution in [0, 0.1) is 0 Å². The minimum absolute atomic E-state index is 0. The Kier molecular flexibility index (Phi) is 15.6. The van der Waals surface area contributed by atoms with Crippen molar-refractivity contribution in [3.63, 3.8) is 0 Å². The summed E-state index contributed by atoms with van der Waals surface area (Å²) in [6, 6.07) is 0. The maximum atomic E-state index is 11.9. The number of hydrogen-bond acceptors (Lipinski definition) is 4. The third-order valence-electron chi connectivity index (χ3n) is 4.06. The predicted octanol–water partition coefficient (Wildman–Crippen LogP) is 0.198. The number of carbonyl (C=O) groups is 1. The van der Waals surface area contributed by atoms with E-state index in [9.17, 15) is 13.2 Å². The maximum Gasteiger partial charge on any atom is 1.00 e. The van der Waals surface area contributed by atoms with E-state index >= 15 is 0 Å². The van der Waals surface area contributed by atoms with Gasteiger partial charge in [-0.1, -0.05) is 58.3 Å². The van der Waals surface area contributed by atoms with E-state index in [2.05, 4.69) is 6.92 Å². The van der Waals surface area contributed by atoms with Gasteiger partial charge in [-0.3, -0.25) is 9.35 Å². The van der Waals surface area contributed by atoms with Gasteiger partial charge in [-0.25, -0.2) is 0 Å². The Morgan fingerprint density at radius 3 is 1.82 bits per heavy atom. The van der Waals surface area contributed by atoms with Crippen LogP contribution in [0.5, 0.6) is 0 Å². The minimum Gasteiger partial charge on any atom is -1.00 e. The van der Waals surface area contributed by atoms with Gasteiger partial charge in [0.2, 0.25) is 0 Å². The number of rotatable bonds is 13. The summed E-state index contributed by atoms with van der Waals surface area (Å²) < 4.78 is 29.7. The zero-order valence-electron chi connectivity index (χ0n) is 15.4. The van der Waals surface area contributed by atoms with Gasteiger partial charge in [0.1, 0.15) is 0 Å². The van der Waals surface area contributed by atoms with Gasteiger partial charge >= 0.3 is 51.4 Å². The molecule has 0 spiro atoms. The number of hydrogen-bond donors (Lipinski definition) is 2. The molecule has 0 amide bonds. The molecule has 0 rings (SSSR count). The van der Waals surface area contributed by atoms with Crippen molar-refractivity contribution in [3.8, 4) is 0 Å². The van der Waals surface area contributed by atoms with Gasteiger partial charge < -0.3 is 7.16 Å². The Bertz CT molecular complexity index is 406. The van der Waals surface area contributed by atoms with Crippen LogP contribution in [0.2, 0.25) is 0 Å². The van der Waals surface area contributed by atoms with E-state index in [1.165, 1.54) is 39.0 Å². The summed E-state index contributed by atoms with van der Waals surface area (Å²) in [6.07, 6.45) is 10.2. The Morgan fingerprint density at radius 1 is 1.05 bits per heavy atom. The van der Waals surface area contributed by atoms with Gasteiger partial charge in [-0.05, 0) is 13.3 Å². The average molecular weight is 362 g/mol. The van der Waals surface area contributed by atoms with Crippen LogP contribution in [0.25, 0.3) is 0 Å². The van der Waals surface area contributed by atoms with E-state index < -0.39 is 20.6 Å². The summed E-state index contributed by atoms with van der Waals surface area (Å²) in [6.45, 7) is 3.00. The van der Waals surface area contributed by atoms with E-state index in [0.717, 1.165) is 19.3 Å². The largest absolute Gasteiger partial charge is 1.00 e. The molecular formula is C15H32KNO4S. The van der Waals surface area contributed by atoms with Crippen molar-refractivity contribution in [1.82, 2.24) is 0 Å². The molecule has 0 aliphatic heterocycles. The van der Waals surface area contributed by atoms with E-state index in [4.69, 9.17) is 10.3 Å². The van der Waals surface area contributed by atoms with Gasteiger partial charge in [-0.15, -0.1) is 0 Å². The van der Waals surface area contributed by atoms with Crippen LogP contribution < -0.4 is 57.1 Å². The fraction of sp³-hybridized carbons (Fsp3) is 0.933. The molecule has 0 aliphatic rings. The Balaban J connectivity index is -0.00000200. The first kappa shape index (κ1) is 25.4. The third kappa shape index (κ3) is 9.47. The van der Waals surface area contributed by atoms with Crippen LogP contribution in [0.1, 0.15) is 79.5 Å². The van der Waals surface area contributed by atoms with Gasteiger partial charge in [0.05, 0.1) is 0 Å². The van der Waals surface area contributed by atoms with Crippen LogP contribution >= 0.6 is 0 Å². The molecular weight excluding hydrogens is 329 g/mol. The van der Waals surface area contributed by atoms with Crippen LogP contribution in [0.15, 0.2) is 0 Å². The average Bonchev–Trinajstić information content (AvgIpc) is 2.43. The molecule has 128 valence electrons. The van der Waals surface area contributed by atoms with Crippen LogP contribution in [0.3, 0.4) is 0 Å². The standard InChI is InChI=1S/C15H31NO4S.K.H/c1-3-4-5-6-7-8-9-10-11-12-14(17)15(2,13-16)21(18,19)20;;/h3-13,16H2,1-2H3,(H,18,19,20);;/q;+1;-1. The van der Waals surface area contributed by atoms with Gasteiger partial charge in [0.25, 0.3) is 10.1 Å². The fourth-order valence-electron chi connectivity index (χ4n) is 2.22. The number of unbranched alkanes of at least 4 members (excludes halogenated alkanes) is 8. The molecule has 3 N–H and O–H groups in total. The molecule has 22 heavy (non-hydrogen) atoms. The Hall–Kier alpha value is 1.18. The predicted molar refractivity (Wildman–Crippen MR) is 87.0 cm³/mol. The van der Waals surface area contributed by atoms with Crippen LogP contribution in [0.4, 0.5) is 0 Å². The first-order valence-corrected chi connectivity index (χ1v) is 9.44. The zero-order valence-corrected chi connectivity index (χ0v) is 18.4. The Labute approximate surface area is 179 Å². The summed E-state index contributed by atoms with van der Waals surface area (Å²) in [4.78, 5) is 11.9. The molecule has 0 saturated carbocycles. The maximum absolute atomic E-state index is 11.9. The normalized spacial score (nSPS) is 14.2. The molecule has 0 bridgehead atoms. The second-order valence-corrected chi connectivity index (χ2v) is 7.76. The number of Topliss-reactive ketones (excluding diaryl/α,β-unsaturated/α-hetero) is 1. The van der Waals surface area contributed by atoms with Gasteiger partial charge in [0.15, 0.2) is 10.5 Å². The summed E-state index contributed by atoms with van der Waals surface area (Å²) in [5.74, 6) is -0.490. The number of carbonyl (C=O) groups excluding carboxylic acids is 1. The summed E-state index contributed by atoms with van der Waals surface area (Å²) in [7, 11) is -4.45. The van der Waals surface area contributed by atoms with Crippen molar-refractivity contribution < 1.29 is 70.6 Å². The van der Waals surface area contributed by atoms with Crippen LogP contribution in [-0.4, -0.2) is 30.0 Å². The molecule has 0 aromatic carbocycles. The first-order valence-electron chi connectivity index (χ1n) is 8.00. The van der Waals surface area contributed by atoms with Crippen molar-refractivity contribution >= 4 is 15.9 Å². The molecule has 0 aromatic rings. The molecule has 5 nitrogen and oxygen atoms in total. The van der Waals surface area contributed by atoms with Gasteiger partial charge in [0, 0.05) is 13.0 Å². The second kappa shape index (κ2) is 13.5. The molecule has 0 heterocycles. The van der Waals surface area contributed by atoms with E-state index in [1.807, 2.05) is 0 Å². The number of ketones is 1. The summed E-state index contributed by atoms with van der Waals surface area (Å²) in [5.41, 5.74) is 5.34. The quantitative estimate of drug-likeness (QED) is 0.277. The molecule has 0 radical (unpaired) electrons. The summed E-state index contributed by atoms with van der Waals surface area (Å²) in [5, 5.41) is 0. The molecule has 0 aliphatic carbocycles. The number of nitrogens with two attached hydrogens (primary N) is 1. The molecule has 0 saturated heterocycles. The van der Waals surface area contributed by atoms with E-state index in [1.54, 1.807) is 0 Å². The monoisotopic (exact) mass is 361 g/mol. The smallest absolute Gasteiger partial charge is 1.00 e. The molecule has 0 aromatic heterocycles. The second-order valence-electron chi connectivity index (χ2n) is 5.91. The Morgan fingerprint density at radius 2 is 1.45 bits per heavy atom. The molecule has 7 heteroatoms. The van der Waals surface area contributed by atoms with Crippen molar-refractivity contribution in [2.45, 2.75) is 82.8 Å². The van der Waals surface area contributed by atoms with E-state index in [0.29, 0.717) is 6.42 Å². The third-order valence-corrected chi connectivity index (χ3v) is 5.59. The van der Waals surface area contributed by atoms with Crippen molar-refractivity contribution in [2.24, 2.45) is 5.73 Å². The summed E-state index contributed by atoms with van der Waals surface area (Å²) >= 11 is 0. The fourth-order valence-corrected chi connectivity index (χ4v) is 2.82. The SMILES string of the molecule is CCCCCCCCCCCC(=O)C(C)(CN)S(=O)(=O)O.[H-].[K+].